The van der Waals surface area contributed by atoms with E-state index in [2.05, 4.69) is 12.2 Å². The number of nitrogens with one attached hydrogen (secondary N) is 1. The molecule has 0 saturated carbocycles. The lowest BCUT2D eigenvalue weighted by molar-refractivity contribution is -0.0434. The highest BCUT2D eigenvalue weighted by atomic mass is 16.6. The fourth-order valence-corrected chi connectivity index (χ4v) is 2.23. The molecule has 1 saturated heterocycles. The van der Waals surface area contributed by atoms with Crippen molar-refractivity contribution < 1.29 is 14.2 Å². The van der Waals surface area contributed by atoms with Crippen LogP contribution in [0.25, 0.3) is 0 Å². The molecule has 0 aliphatic carbocycles. The second-order valence-corrected chi connectivity index (χ2v) is 4.56. The molecule has 0 spiro atoms. The van der Waals surface area contributed by atoms with Crippen LogP contribution in [0, 0.1) is 0 Å². The molecule has 0 aromatic heterocycles. The molecule has 2 rings (SSSR count). The molecule has 19 heavy (non-hydrogen) atoms. The molecule has 1 aliphatic heterocycles. The second kappa shape index (κ2) is 7.36. The molecule has 1 aromatic carbocycles. The van der Waals surface area contributed by atoms with Gasteiger partial charge < -0.3 is 19.5 Å². The topological polar surface area (TPSA) is 39.7 Å². The number of ether oxygens (including phenoxy) is 3. The van der Waals surface area contributed by atoms with Gasteiger partial charge in [-0.15, -0.1) is 0 Å². The van der Waals surface area contributed by atoms with Crippen LogP contribution in [0.1, 0.15) is 20.3 Å². The summed E-state index contributed by atoms with van der Waals surface area (Å²) >= 11 is 0. The van der Waals surface area contributed by atoms with Gasteiger partial charge in [0.05, 0.1) is 13.2 Å². The molecule has 1 aliphatic rings. The fraction of sp³-hybridized carbons (Fsp3) is 0.600. The van der Waals surface area contributed by atoms with Crippen LogP contribution < -0.4 is 14.8 Å². The highest BCUT2D eigenvalue weighted by Crippen LogP contribution is 2.28. The average Bonchev–Trinajstić information content (AvgIpc) is 2.47. The van der Waals surface area contributed by atoms with Crippen LogP contribution in [0.4, 0.5) is 0 Å². The first-order valence-corrected chi connectivity index (χ1v) is 7.06. The normalized spacial score (nSPS) is 20.8. The van der Waals surface area contributed by atoms with Gasteiger partial charge in [-0.2, -0.15) is 0 Å². The monoisotopic (exact) mass is 265 g/mol. The zero-order valence-electron chi connectivity index (χ0n) is 11.7. The third-order valence-corrected chi connectivity index (χ3v) is 3.20. The van der Waals surface area contributed by atoms with Crippen molar-refractivity contribution in [3.8, 4) is 11.5 Å². The predicted molar refractivity (Wildman–Crippen MR) is 74.9 cm³/mol. The van der Waals surface area contributed by atoms with Gasteiger partial charge in [0.2, 0.25) is 0 Å². The molecule has 4 heteroatoms. The first-order chi connectivity index (χ1) is 9.35. The minimum Gasteiger partial charge on any atom is -0.490 e. The van der Waals surface area contributed by atoms with Crippen molar-refractivity contribution in [3.63, 3.8) is 0 Å². The summed E-state index contributed by atoms with van der Waals surface area (Å²) in [5, 5.41) is 3.34. The Morgan fingerprint density at radius 3 is 2.74 bits per heavy atom. The van der Waals surface area contributed by atoms with Gasteiger partial charge in [0.25, 0.3) is 0 Å². The van der Waals surface area contributed by atoms with Crippen molar-refractivity contribution in [2.75, 3.05) is 26.3 Å². The Bertz CT molecular complexity index is 377. The van der Waals surface area contributed by atoms with Gasteiger partial charge in [-0.05, 0) is 25.5 Å². The van der Waals surface area contributed by atoms with Crippen molar-refractivity contribution in [1.82, 2.24) is 5.32 Å². The van der Waals surface area contributed by atoms with Crippen LogP contribution in [-0.2, 0) is 4.74 Å². The molecular formula is C15H23NO3. The summed E-state index contributed by atoms with van der Waals surface area (Å²) in [7, 11) is 0. The van der Waals surface area contributed by atoms with Gasteiger partial charge in [-0.3, -0.25) is 0 Å². The van der Waals surface area contributed by atoms with Crippen LogP contribution in [0.3, 0.4) is 0 Å². The Morgan fingerprint density at radius 2 is 2.11 bits per heavy atom. The van der Waals surface area contributed by atoms with Crippen molar-refractivity contribution in [1.29, 1.82) is 0 Å². The molecule has 0 amide bonds. The highest BCUT2D eigenvalue weighted by molar-refractivity contribution is 5.39. The first-order valence-electron chi connectivity index (χ1n) is 7.06. The summed E-state index contributed by atoms with van der Waals surface area (Å²) in [5.74, 6) is 1.59. The zero-order valence-corrected chi connectivity index (χ0v) is 11.7. The van der Waals surface area contributed by atoms with Crippen LogP contribution >= 0.6 is 0 Å². The lowest BCUT2D eigenvalue weighted by Gasteiger charge is -2.31. The predicted octanol–water partition coefficient (Wildman–Crippen LogP) is 2.23. The van der Waals surface area contributed by atoms with E-state index < -0.39 is 0 Å². The van der Waals surface area contributed by atoms with E-state index in [9.17, 15) is 0 Å². The average molecular weight is 265 g/mol. The Morgan fingerprint density at radius 1 is 1.32 bits per heavy atom. The summed E-state index contributed by atoms with van der Waals surface area (Å²) in [6.45, 7) is 7.24. The first kappa shape index (κ1) is 14.2. The maximum absolute atomic E-state index is 6.10. The zero-order chi connectivity index (χ0) is 13.5. The van der Waals surface area contributed by atoms with Crippen molar-refractivity contribution in [2.24, 2.45) is 0 Å². The quantitative estimate of drug-likeness (QED) is 0.856. The molecule has 1 N–H and O–H groups in total. The number of hydrogen-bond donors (Lipinski definition) is 1. The fourth-order valence-electron chi connectivity index (χ4n) is 2.23. The Kier molecular flexibility index (Phi) is 5.48. The van der Waals surface area contributed by atoms with Crippen LogP contribution in [0.2, 0.25) is 0 Å². The number of hydrogen-bond acceptors (Lipinski definition) is 4. The van der Waals surface area contributed by atoms with E-state index in [1.807, 2.05) is 31.2 Å². The van der Waals surface area contributed by atoms with Crippen molar-refractivity contribution >= 4 is 0 Å². The molecule has 1 fully saturated rings. The van der Waals surface area contributed by atoms with Crippen LogP contribution in [0.5, 0.6) is 11.5 Å². The lowest BCUT2D eigenvalue weighted by atomic mass is 10.1. The number of rotatable bonds is 6. The van der Waals surface area contributed by atoms with Gasteiger partial charge in [0.1, 0.15) is 12.2 Å². The van der Waals surface area contributed by atoms with Crippen molar-refractivity contribution in [2.45, 2.75) is 32.5 Å². The van der Waals surface area contributed by atoms with Crippen LogP contribution in [0.15, 0.2) is 24.3 Å². The van der Waals surface area contributed by atoms with Gasteiger partial charge in [0, 0.05) is 13.1 Å². The Hall–Kier alpha value is -1.26. The van der Waals surface area contributed by atoms with E-state index in [4.69, 9.17) is 14.2 Å². The van der Waals surface area contributed by atoms with Gasteiger partial charge in [0.15, 0.2) is 11.5 Å². The molecule has 1 heterocycles. The molecule has 0 radical (unpaired) electrons. The third kappa shape index (κ3) is 3.85. The van der Waals surface area contributed by atoms with E-state index in [0.717, 1.165) is 37.6 Å². The van der Waals surface area contributed by atoms with E-state index in [1.165, 1.54) is 0 Å². The largest absolute Gasteiger partial charge is 0.490 e. The number of benzene rings is 1. The van der Waals surface area contributed by atoms with Crippen LogP contribution in [-0.4, -0.2) is 38.5 Å². The van der Waals surface area contributed by atoms with E-state index >= 15 is 0 Å². The molecule has 4 nitrogen and oxygen atoms in total. The minimum absolute atomic E-state index is 0.0504. The summed E-state index contributed by atoms with van der Waals surface area (Å²) < 4.78 is 17.5. The number of para-hydroxylation sites is 2. The summed E-state index contributed by atoms with van der Waals surface area (Å²) in [6, 6.07) is 7.80. The molecule has 0 bridgehead atoms. The van der Waals surface area contributed by atoms with E-state index in [0.29, 0.717) is 6.61 Å². The number of morpholine rings is 1. The molecule has 106 valence electrons. The van der Waals surface area contributed by atoms with E-state index in [-0.39, 0.29) is 12.2 Å². The Labute approximate surface area is 115 Å². The van der Waals surface area contributed by atoms with Gasteiger partial charge in [-0.1, -0.05) is 19.1 Å². The summed E-state index contributed by atoms with van der Waals surface area (Å²) in [5.41, 5.74) is 0. The Balaban J connectivity index is 2.04. The van der Waals surface area contributed by atoms with Gasteiger partial charge in [-0.25, -0.2) is 0 Å². The molecular weight excluding hydrogens is 242 g/mol. The second-order valence-electron chi connectivity index (χ2n) is 4.56. The summed E-state index contributed by atoms with van der Waals surface area (Å²) in [4.78, 5) is 0. The molecule has 1 aromatic rings. The third-order valence-electron chi connectivity index (χ3n) is 3.20. The summed E-state index contributed by atoms with van der Waals surface area (Å²) in [6.07, 6.45) is 1.06. The van der Waals surface area contributed by atoms with Gasteiger partial charge >= 0.3 is 0 Å². The SMILES string of the molecule is CCOc1ccccc1OC(CC)[C@@H]1CNCCO1. The minimum atomic E-state index is 0.0504. The highest BCUT2D eigenvalue weighted by Gasteiger charge is 2.25. The lowest BCUT2D eigenvalue weighted by Crippen LogP contribution is -2.47. The smallest absolute Gasteiger partial charge is 0.161 e. The van der Waals surface area contributed by atoms with Crippen molar-refractivity contribution in [3.05, 3.63) is 24.3 Å². The molecule has 1 unspecified atom stereocenters. The maximum atomic E-state index is 6.10. The maximum Gasteiger partial charge on any atom is 0.161 e. The van der Waals surface area contributed by atoms with E-state index in [1.54, 1.807) is 0 Å². The standard InChI is InChI=1S/C15H23NO3/c1-3-12(15-11-16-9-10-18-15)19-14-8-6-5-7-13(14)17-4-2/h5-8,12,15-16H,3-4,9-11H2,1-2H3/t12?,15-/m0/s1. The molecule has 2 atom stereocenters.